The van der Waals surface area contributed by atoms with Gasteiger partial charge >= 0.3 is 0 Å². The highest BCUT2D eigenvalue weighted by Gasteiger charge is 2.19. The Labute approximate surface area is 154 Å². The zero-order chi connectivity index (χ0) is 17.5. The number of pyridine rings is 1. The van der Waals surface area contributed by atoms with Crippen molar-refractivity contribution in [3.63, 3.8) is 0 Å². The molecule has 1 heterocycles. The lowest BCUT2D eigenvalue weighted by atomic mass is 10.1. The van der Waals surface area contributed by atoms with Gasteiger partial charge in [-0.3, -0.25) is 4.98 Å². The minimum Gasteiger partial charge on any atom is -0.341 e. The van der Waals surface area contributed by atoms with Crippen LogP contribution in [0.2, 0.25) is 5.02 Å². The van der Waals surface area contributed by atoms with E-state index in [0.29, 0.717) is 10.1 Å². The normalized spacial score (nSPS) is 12.0. The molecule has 0 spiro atoms. The van der Waals surface area contributed by atoms with Gasteiger partial charge in [0.15, 0.2) is 5.11 Å². The highest BCUT2D eigenvalue weighted by atomic mass is 35.5. The smallest absolute Gasteiger partial charge is 0.174 e. The number of nitrogens with zero attached hydrogens (tertiary/aromatic N) is 3. The molecule has 4 nitrogen and oxygen atoms in total. The molecule has 2 rings (SSSR count). The van der Waals surface area contributed by atoms with E-state index in [1.54, 1.807) is 6.20 Å². The van der Waals surface area contributed by atoms with Crippen LogP contribution in [-0.4, -0.2) is 47.1 Å². The Kier molecular flexibility index (Phi) is 6.97. The molecule has 0 aliphatic carbocycles. The van der Waals surface area contributed by atoms with Gasteiger partial charge in [0.2, 0.25) is 0 Å². The van der Waals surface area contributed by atoms with E-state index in [-0.39, 0.29) is 6.04 Å². The lowest BCUT2D eigenvalue weighted by molar-refractivity contribution is 0.289. The first-order valence-corrected chi connectivity index (χ1v) is 8.64. The molecule has 0 aliphatic rings. The average molecular weight is 363 g/mol. The topological polar surface area (TPSA) is 31.4 Å². The molecule has 6 heteroatoms. The number of para-hydroxylation sites is 1. The standard InChI is InChI=1S/C18H23ClN4S/c1-14(15-7-6-10-20-13-15)23(12-11-22(2)3)18(24)21-17-9-5-4-8-16(17)19/h4-10,13-14H,11-12H2,1-3H3,(H,21,24). The van der Waals surface area contributed by atoms with E-state index in [1.807, 2.05) is 36.5 Å². The highest BCUT2D eigenvalue weighted by molar-refractivity contribution is 7.80. The van der Waals surface area contributed by atoms with Crippen molar-refractivity contribution in [1.29, 1.82) is 0 Å². The van der Waals surface area contributed by atoms with Gasteiger partial charge in [0.05, 0.1) is 16.8 Å². The number of hydrogen-bond acceptors (Lipinski definition) is 3. The Hall–Kier alpha value is -1.69. The maximum Gasteiger partial charge on any atom is 0.174 e. The number of rotatable bonds is 6. The van der Waals surface area contributed by atoms with Gasteiger partial charge in [0.25, 0.3) is 0 Å². The Morgan fingerprint density at radius 3 is 2.58 bits per heavy atom. The number of anilines is 1. The third-order valence-corrected chi connectivity index (χ3v) is 4.46. The average Bonchev–Trinajstić information content (AvgIpc) is 2.57. The molecule has 24 heavy (non-hydrogen) atoms. The minimum absolute atomic E-state index is 0.112. The van der Waals surface area contributed by atoms with Gasteiger partial charge in [0, 0.05) is 25.5 Å². The van der Waals surface area contributed by atoms with E-state index < -0.39 is 0 Å². The van der Waals surface area contributed by atoms with E-state index in [0.717, 1.165) is 24.3 Å². The first-order valence-electron chi connectivity index (χ1n) is 7.86. The quantitative estimate of drug-likeness (QED) is 0.783. The van der Waals surface area contributed by atoms with E-state index >= 15 is 0 Å². The van der Waals surface area contributed by atoms with Crippen LogP contribution >= 0.6 is 23.8 Å². The van der Waals surface area contributed by atoms with Crippen molar-refractivity contribution in [2.75, 3.05) is 32.5 Å². The van der Waals surface area contributed by atoms with Crippen molar-refractivity contribution in [3.05, 3.63) is 59.4 Å². The molecule has 2 aromatic rings. The molecular weight excluding hydrogens is 340 g/mol. The van der Waals surface area contributed by atoms with Gasteiger partial charge in [0.1, 0.15) is 0 Å². The van der Waals surface area contributed by atoms with Crippen molar-refractivity contribution in [2.45, 2.75) is 13.0 Å². The van der Waals surface area contributed by atoms with Crippen LogP contribution in [0.5, 0.6) is 0 Å². The number of halogens is 1. The van der Waals surface area contributed by atoms with Crippen LogP contribution in [0.3, 0.4) is 0 Å². The summed E-state index contributed by atoms with van der Waals surface area (Å²) in [6.45, 7) is 3.83. The fourth-order valence-electron chi connectivity index (χ4n) is 2.33. The van der Waals surface area contributed by atoms with Crippen molar-refractivity contribution in [3.8, 4) is 0 Å². The monoisotopic (exact) mass is 362 g/mol. The second-order valence-corrected chi connectivity index (χ2v) is 6.66. The Morgan fingerprint density at radius 2 is 1.96 bits per heavy atom. The zero-order valence-corrected chi connectivity index (χ0v) is 15.8. The van der Waals surface area contributed by atoms with Gasteiger partial charge < -0.3 is 15.1 Å². The Morgan fingerprint density at radius 1 is 1.21 bits per heavy atom. The number of likely N-dealkylation sites (N-methyl/N-ethyl adjacent to an activating group) is 1. The van der Waals surface area contributed by atoms with Crippen LogP contribution in [-0.2, 0) is 0 Å². The van der Waals surface area contributed by atoms with E-state index in [4.69, 9.17) is 23.8 Å². The number of thiocarbonyl (C=S) groups is 1. The molecule has 0 fully saturated rings. The molecule has 0 saturated heterocycles. The maximum atomic E-state index is 6.24. The predicted molar refractivity (Wildman–Crippen MR) is 106 cm³/mol. The zero-order valence-electron chi connectivity index (χ0n) is 14.2. The number of benzene rings is 1. The summed E-state index contributed by atoms with van der Waals surface area (Å²) >= 11 is 11.9. The third-order valence-electron chi connectivity index (χ3n) is 3.80. The first-order chi connectivity index (χ1) is 11.5. The summed E-state index contributed by atoms with van der Waals surface area (Å²) in [5.41, 5.74) is 1.94. The van der Waals surface area contributed by atoms with Crippen molar-refractivity contribution < 1.29 is 0 Å². The lowest BCUT2D eigenvalue weighted by Crippen LogP contribution is -2.41. The van der Waals surface area contributed by atoms with Crippen molar-refractivity contribution in [2.24, 2.45) is 0 Å². The molecule has 128 valence electrons. The molecular formula is C18H23ClN4S. The molecule has 0 amide bonds. The molecule has 1 aromatic heterocycles. The van der Waals surface area contributed by atoms with Crippen LogP contribution in [0.15, 0.2) is 48.8 Å². The van der Waals surface area contributed by atoms with E-state index in [1.165, 1.54) is 0 Å². The van der Waals surface area contributed by atoms with Crippen LogP contribution < -0.4 is 5.32 Å². The Bertz CT molecular complexity index is 663. The van der Waals surface area contributed by atoms with Gasteiger partial charge in [-0.2, -0.15) is 0 Å². The van der Waals surface area contributed by atoms with Gasteiger partial charge in [-0.15, -0.1) is 0 Å². The highest BCUT2D eigenvalue weighted by Crippen LogP contribution is 2.24. The lowest BCUT2D eigenvalue weighted by Gasteiger charge is -2.33. The van der Waals surface area contributed by atoms with E-state index in [9.17, 15) is 0 Å². The largest absolute Gasteiger partial charge is 0.341 e. The van der Waals surface area contributed by atoms with Gasteiger partial charge in [-0.25, -0.2) is 0 Å². The molecule has 1 aromatic carbocycles. The molecule has 0 bridgehead atoms. The summed E-state index contributed by atoms with van der Waals surface area (Å²) in [7, 11) is 4.11. The van der Waals surface area contributed by atoms with Crippen LogP contribution in [0, 0.1) is 0 Å². The van der Waals surface area contributed by atoms with Crippen molar-refractivity contribution >= 4 is 34.6 Å². The summed E-state index contributed by atoms with van der Waals surface area (Å²) in [6.07, 6.45) is 3.66. The SMILES string of the molecule is CC(c1cccnc1)N(CCN(C)C)C(=S)Nc1ccccc1Cl. The van der Waals surface area contributed by atoms with Crippen LogP contribution in [0.4, 0.5) is 5.69 Å². The maximum absolute atomic E-state index is 6.24. The fraction of sp³-hybridized carbons (Fsp3) is 0.333. The second-order valence-electron chi connectivity index (χ2n) is 5.87. The molecule has 1 unspecified atom stereocenters. The molecule has 0 aliphatic heterocycles. The predicted octanol–water partition coefficient (Wildman–Crippen LogP) is 4.06. The van der Waals surface area contributed by atoms with Gasteiger partial charge in [-0.05, 0) is 57.0 Å². The van der Waals surface area contributed by atoms with Crippen molar-refractivity contribution in [1.82, 2.24) is 14.8 Å². The summed E-state index contributed by atoms with van der Waals surface area (Å²) in [6, 6.07) is 11.7. The minimum atomic E-state index is 0.112. The first kappa shape index (κ1) is 18.6. The second kappa shape index (κ2) is 8.97. The fourth-order valence-corrected chi connectivity index (χ4v) is 2.87. The van der Waals surface area contributed by atoms with Crippen LogP contribution in [0.25, 0.3) is 0 Å². The third kappa shape index (κ3) is 5.16. The van der Waals surface area contributed by atoms with Crippen LogP contribution in [0.1, 0.15) is 18.5 Å². The molecule has 1 N–H and O–H groups in total. The number of nitrogens with one attached hydrogen (secondary N) is 1. The van der Waals surface area contributed by atoms with Gasteiger partial charge in [-0.1, -0.05) is 29.8 Å². The summed E-state index contributed by atoms with van der Waals surface area (Å²) < 4.78 is 0. The summed E-state index contributed by atoms with van der Waals surface area (Å²) in [4.78, 5) is 8.52. The van der Waals surface area contributed by atoms with E-state index in [2.05, 4.69) is 47.2 Å². The summed E-state index contributed by atoms with van der Waals surface area (Å²) in [5, 5.41) is 4.58. The molecule has 0 saturated carbocycles. The summed E-state index contributed by atoms with van der Waals surface area (Å²) in [5.74, 6) is 0. The molecule has 0 radical (unpaired) electrons. The number of aromatic nitrogens is 1. The molecule has 1 atom stereocenters. The Balaban J connectivity index is 2.18. The number of hydrogen-bond donors (Lipinski definition) is 1.